The standard InChI is InChI=1S/C32H36N4O5/c1-17(37)14-22-15-24-8-9-25(22)36-12-10-23(11-13-36)32(24,27-20-4-5-21(27)7-6-20)18(2)30-34-19(3)29(40)28(35-30)31(41)33-16-26(38)39/h4-9,15,17-18,23,27,37,40H,10-14,16H2,1-3H3,(H,33,41)(H,38,39)/t17-,18?,32?/m1/s1. The number of hydrogen-bond donors (Lipinski definition) is 4. The number of allylic oxidation sites excluding steroid dienone is 6. The first kappa shape index (κ1) is 27.2. The van der Waals surface area contributed by atoms with Crippen molar-refractivity contribution in [1.29, 1.82) is 0 Å². The number of nitrogens with zero attached hydrogens (tertiary/aromatic N) is 3. The minimum absolute atomic E-state index is 0.0689. The highest BCUT2D eigenvalue weighted by atomic mass is 16.4. The smallest absolute Gasteiger partial charge is 0.322 e. The second-order valence-electron chi connectivity index (χ2n) is 11.9. The van der Waals surface area contributed by atoms with Gasteiger partial charge in [0.2, 0.25) is 0 Å². The highest BCUT2D eigenvalue weighted by Crippen LogP contribution is 2.61. The molecular weight excluding hydrogens is 520 g/mol. The number of benzene rings is 1. The van der Waals surface area contributed by atoms with Crippen molar-refractivity contribution in [1.82, 2.24) is 15.3 Å². The molecule has 41 heavy (non-hydrogen) atoms. The molecule has 0 spiro atoms. The number of carboxylic acid groups (broad SMARTS) is 1. The highest BCUT2D eigenvalue weighted by Gasteiger charge is 2.56. The lowest BCUT2D eigenvalue weighted by atomic mass is 9.52. The maximum absolute atomic E-state index is 13.0. The zero-order valence-electron chi connectivity index (χ0n) is 23.6. The minimum Gasteiger partial charge on any atom is -0.504 e. The number of aliphatic carboxylic acids is 1. The summed E-state index contributed by atoms with van der Waals surface area (Å²) >= 11 is 0. The van der Waals surface area contributed by atoms with Gasteiger partial charge in [-0.3, -0.25) is 9.59 Å². The van der Waals surface area contributed by atoms with Crippen LogP contribution in [0.15, 0.2) is 53.6 Å². The third kappa shape index (κ3) is 4.34. The Bertz CT molecular complexity index is 1500. The Morgan fingerprint density at radius 1 is 1.12 bits per heavy atom. The summed E-state index contributed by atoms with van der Waals surface area (Å²) in [6.07, 6.45) is 10.8. The summed E-state index contributed by atoms with van der Waals surface area (Å²) in [4.78, 5) is 35.9. The number of fused-ring (bicyclic) bond motifs is 2. The van der Waals surface area contributed by atoms with Gasteiger partial charge in [-0.25, -0.2) is 9.97 Å². The Morgan fingerprint density at radius 3 is 2.41 bits per heavy atom. The Morgan fingerprint density at radius 2 is 1.80 bits per heavy atom. The van der Waals surface area contributed by atoms with Crippen LogP contribution in [0.4, 0.5) is 5.69 Å². The van der Waals surface area contributed by atoms with Gasteiger partial charge in [-0.1, -0.05) is 43.4 Å². The molecule has 3 atom stereocenters. The van der Waals surface area contributed by atoms with Crippen molar-refractivity contribution in [2.75, 3.05) is 24.5 Å². The van der Waals surface area contributed by atoms with E-state index < -0.39 is 29.9 Å². The van der Waals surface area contributed by atoms with Crippen LogP contribution in [0, 0.1) is 18.8 Å². The van der Waals surface area contributed by atoms with Gasteiger partial charge in [0.15, 0.2) is 11.4 Å². The first-order valence-corrected chi connectivity index (χ1v) is 14.3. The van der Waals surface area contributed by atoms with E-state index in [1.54, 1.807) is 6.92 Å². The molecule has 7 aliphatic rings. The van der Waals surface area contributed by atoms with E-state index in [1.807, 2.05) is 6.92 Å². The number of carbonyl (C=O) groups is 2. The molecule has 1 amide bonds. The van der Waals surface area contributed by atoms with Crippen molar-refractivity contribution < 1.29 is 24.9 Å². The number of amides is 1. The molecule has 1 fully saturated rings. The van der Waals surface area contributed by atoms with E-state index in [2.05, 4.69) is 64.6 Å². The fourth-order valence-corrected chi connectivity index (χ4v) is 7.75. The van der Waals surface area contributed by atoms with Crippen LogP contribution in [0.2, 0.25) is 0 Å². The van der Waals surface area contributed by atoms with Crippen molar-refractivity contribution in [3.63, 3.8) is 0 Å². The number of nitrogens with one attached hydrogen (secondary N) is 1. The molecule has 0 radical (unpaired) electrons. The molecule has 2 aliphatic carbocycles. The zero-order valence-corrected chi connectivity index (χ0v) is 23.6. The molecule has 214 valence electrons. The summed E-state index contributed by atoms with van der Waals surface area (Å²) in [5.74, 6) is -1.78. The van der Waals surface area contributed by atoms with Crippen molar-refractivity contribution in [3.8, 4) is 5.75 Å². The number of hydrogen-bond acceptors (Lipinski definition) is 7. The SMILES string of the molecule is Cc1nc(C(C)C2(C3C4=CC=C3C=C4)c3ccc(c(C[C@@H](C)O)c3)N3CCC2CC3)nc(C(=O)NCC(=O)O)c1O. The van der Waals surface area contributed by atoms with Gasteiger partial charge in [-0.2, -0.15) is 0 Å². The fraction of sp³-hybridized carbons (Fsp3) is 0.438. The average Bonchev–Trinajstić information content (AvgIpc) is 3.57. The Hall–Kier alpha value is -3.98. The summed E-state index contributed by atoms with van der Waals surface area (Å²) in [5.41, 5.74) is 5.52. The summed E-state index contributed by atoms with van der Waals surface area (Å²) in [7, 11) is 0. The molecule has 1 aromatic carbocycles. The van der Waals surface area contributed by atoms with Gasteiger partial charge >= 0.3 is 5.97 Å². The maximum atomic E-state index is 13.0. The van der Waals surface area contributed by atoms with Crippen LogP contribution >= 0.6 is 0 Å². The molecule has 1 aromatic heterocycles. The van der Waals surface area contributed by atoms with Gasteiger partial charge in [0, 0.05) is 42.4 Å². The summed E-state index contributed by atoms with van der Waals surface area (Å²) < 4.78 is 0. The van der Waals surface area contributed by atoms with Crippen molar-refractivity contribution >= 4 is 17.6 Å². The first-order chi connectivity index (χ1) is 19.6. The second-order valence-corrected chi connectivity index (χ2v) is 11.9. The monoisotopic (exact) mass is 556 g/mol. The second kappa shape index (κ2) is 10.1. The van der Waals surface area contributed by atoms with E-state index in [4.69, 9.17) is 10.1 Å². The van der Waals surface area contributed by atoms with Crippen LogP contribution in [0.5, 0.6) is 5.75 Å². The topological polar surface area (TPSA) is 136 Å². The summed E-state index contributed by atoms with van der Waals surface area (Å²) in [5, 5.41) is 32.6. The normalized spacial score (nSPS) is 24.0. The molecule has 4 N–H and O–H groups in total. The number of aryl methyl sites for hydroxylation is 1. The maximum Gasteiger partial charge on any atom is 0.322 e. The van der Waals surface area contributed by atoms with Gasteiger partial charge < -0.3 is 25.5 Å². The first-order valence-electron chi connectivity index (χ1n) is 14.3. The number of carboxylic acids is 1. The fourth-order valence-electron chi connectivity index (χ4n) is 7.75. The lowest BCUT2D eigenvalue weighted by molar-refractivity contribution is -0.135. The largest absolute Gasteiger partial charge is 0.504 e. The van der Waals surface area contributed by atoms with Crippen molar-refractivity contribution in [2.45, 2.75) is 57.5 Å². The Balaban J connectivity index is 1.56. The van der Waals surface area contributed by atoms with E-state index >= 15 is 0 Å². The molecule has 2 unspecified atom stereocenters. The third-order valence-corrected chi connectivity index (χ3v) is 9.48. The number of aliphatic hydroxyl groups is 1. The highest BCUT2D eigenvalue weighted by molar-refractivity contribution is 5.96. The van der Waals surface area contributed by atoms with Crippen LogP contribution in [0.1, 0.15) is 65.7 Å². The quantitative estimate of drug-likeness (QED) is 0.388. The molecule has 1 saturated heterocycles. The van der Waals surface area contributed by atoms with Gasteiger partial charge in [0.05, 0.1) is 11.8 Å². The van der Waals surface area contributed by atoms with Gasteiger partial charge in [0.25, 0.3) is 5.91 Å². The number of aliphatic hydroxyl groups excluding tert-OH is 1. The lowest BCUT2D eigenvalue weighted by Gasteiger charge is -2.51. The van der Waals surface area contributed by atoms with E-state index in [0.29, 0.717) is 12.2 Å². The number of carbonyl (C=O) groups excluding carboxylic acids is 1. The predicted octanol–water partition coefficient (Wildman–Crippen LogP) is 3.55. The Kier molecular flexibility index (Phi) is 6.72. The number of aromatic nitrogens is 2. The molecular formula is C32H36N4O5. The number of rotatable bonds is 8. The molecule has 6 bridgehead atoms. The van der Waals surface area contributed by atoms with E-state index in [0.717, 1.165) is 37.1 Å². The number of aromatic hydroxyl groups is 1. The van der Waals surface area contributed by atoms with Crippen LogP contribution in [0.3, 0.4) is 0 Å². The predicted molar refractivity (Wildman–Crippen MR) is 154 cm³/mol. The summed E-state index contributed by atoms with van der Waals surface area (Å²) in [6, 6.07) is 6.69. The van der Waals surface area contributed by atoms with Crippen LogP contribution in [0.25, 0.3) is 0 Å². The van der Waals surface area contributed by atoms with Crippen molar-refractivity contribution in [3.05, 3.63) is 82.0 Å². The number of piperidine rings is 1. The average molecular weight is 557 g/mol. The molecule has 5 aliphatic heterocycles. The zero-order chi connectivity index (χ0) is 29.1. The van der Waals surface area contributed by atoms with Crippen LogP contribution in [-0.2, 0) is 16.6 Å². The van der Waals surface area contributed by atoms with Gasteiger partial charge in [-0.15, -0.1) is 0 Å². The van der Waals surface area contributed by atoms with E-state index in [9.17, 15) is 19.8 Å². The summed E-state index contributed by atoms with van der Waals surface area (Å²) in [6.45, 7) is 6.80. The molecule has 6 heterocycles. The van der Waals surface area contributed by atoms with Crippen LogP contribution < -0.4 is 10.2 Å². The minimum atomic E-state index is -1.18. The molecule has 0 saturated carbocycles. The van der Waals surface area contributed by atoms with E-state index in [1.165, 1.54) is 16.8 Å². The van der Waals surface area contributed by atoms with Gasteiger partial charge in [0.1, 0.15) is 12.4 Å². The molecule has 9 heteroatoms. The Labute approximate surface area is 239 Å². The van der Waals surface area contributed by atoms with Gasteiger partial charge in [-0.05, 0) is 60.9 Å². The molecule has 9 rings (SSSR count). The van der Waals surface area contributed by atoms with Crippen LogP contribution in [-0.4, -0.2) is 62.9 Å². The number of anilines is 1. The molecule has 9 nitrogen and oxygen atoms in total. The van der Waals surface area contributed by atoms with E-state index in [-0.39, 0.29) is 34.9 Å². The van der Waals surface area contributed by atoms with Crippen molar-refractivity contribution in [2.24, 2.45) is 11.8 Å². The molecule has 2 aromatic rings. The lowest BCUT2D eigenvalue weighted by Crippen LogP contribution is -2.50. The third-order valence-electron chi connectivity index (χ3n) is 9.48.